The zero-order chi connectivity index (χ0) is 20.7. The van der Waals surface area contributed by atoms with Gasteiger partial charge in [0.2, 0.25) is 0 Å². The molecule has 0 unspecified atom stereocenters. The summed E-state index contributed by atoms with van der Waals surface area (Å²) in [7, 11) is 0. The average molecular weight is 379 g/mol. The van der Waals surface area contributed by atoms with Gasteiger partial charge in [0, 0.05) is 0 Å². The molecule has 4 nitrogen and oxygen atoms in total. The number of hydrogen-bond acceptors (Lipinski definition) is 2. The highest BCUT2D eigenvalue weighted by molar-refractivity contribution is 6.07. The maximum atomic E-state index is 13.4. The van der Waals surface area contributed by atoms with Gasteiger partial charge in [-0.3, -0.25) is 9.69 Å². The van der Waals surface area contributed by atoms with E-state index in [1.165, 1.54) is 10.5 Å². The lowest BCUT2D eigenvalue weighted by atomic mass is 9.83. The number of hydrogen-bond donors (Lipinski definition) is 1. The molecular weight excluding hydrogens is 348 g/mol. The number of benzene rings is 2. The minimum atomic E-state index is -0.981. The lowest BCUT2D eigenvalue weighted by Gasteiger charge is -2.26. The van der Waals surface area contributed by atoms with E-state index >= 15 is 0 Å². The van der Waals surface area contributed by atoms with Crippen molar-refractivity contribution in [1.82, 2.24) is 10.2 Å². The van der Waals surface area contributed by atoms with E-state index in [1.807, 2.05) is 37.3 Å². The molecule has 4 heteroatoms. The quantitative estimate of drug-likeness (QED) is 0.765. The lowest BCUT2D eigenvalue weighted by molar-refractivity contribution is -0.132. The minimum absolute atomic E-state index is 0.0551. The normalized spacial score (nSPS) is 19.9. The highest BCUT2D eigenvalue weighted by Gasteiger charge is 2.51. The third-order valence-electron chi connectivity index (χ3n) is 5.85. The fourth-order valence-corrected chi connectivity index (χ4v) is 3.97. The first kappa shape index (κ1) is 20.1. The van der Waals surface area contributed by atoms with Gasteiger partial charge in [-0.2, -0.15) is 0 Å². The lowest BCUT2D eigenvalue weighted by Crippen LogP contribution is -2.43. The molecule has 1 heterocycles. The number of nitrogens with one attached hydrogen (secondary N) is 1. The summed E-state index contributed by atoms with van der Waals surface area (Å²) in [5.41, 5.74) is 4.42. The molecule has 3 amide bonds. The van der Waals surface area contributed by atoms with Crippen LogP contribution in [0, 0.1) is 13.8 Å². The highest BCUT2D eigenvalue weighted by atomic mass is 16.2. The van der Waals surface area contributed by atoms with Gasteiger partial charge in [0.1, 0.15) is 5.54 Å². The molecular formula is C24H30N2O2. The van der Waals surface area contributed by atoms with Crippen molar-refractivity contribution < 1.29 is 9.59 Å². The van der Waals surface area contributed by atoms with Crippen LogP contribution in [-0.2, 0) is 22.3 Å². The molecule has 3 rings (SSSR count). The van der Waals surface area contributed by atoms with E-state index in [4.69, 9.17) is 0 Å². The third kappa shape index (κ3) is 3.32. The van der Waals surface area contributed by atoms with Crippen LogP contribution in [0.15, 0.2) is 42.5 Å². The Morgan fingerprint density at radius 1 is 1.00 bits per heavy atom. The number of aryl methyl sites for hydroxylation is 2. The summed E-state index contributed by atoms with van der Waals surface area (Å²) in [4.78, 5) is 27.5. The van der Waals surface area contributed by atoms with Crippen LogP contribution in [0.1, 0.15) is 61.9 Å². The van der Waals surface area contributed by atoms with Gasteiger partial charge in [0.05, 0.1) is 6.54 Å². The number of urea groups is 1. The number of carbonyl (C=O) groups is 2. The molecule has 0 radical (unpaired) electrons. The maximum absolute atomic E-state index is 13.4. The first-order valence-electron chi connectivity index (χ1n) is 9.90. The Hall–Kier alpha value is -2.62. The molecule has 1 aliphatic rings. The van der Waals surface area contributed by atoms with Gasteiger partial charge >= 0.3 is 6.03 Å². The Balaban J connectivity index is 1.96. The van der Waals surface area contributed by atoms with Crippen molar-refractivity contribution >= 4 is 11.9 Å². The first-order chi connectivity index (χ1) is 13.1. The Bertz CT molecular complexity index is 889. The van der Waals surface area contributed by atoms with Crippen LogP contribution in [0.4, 0.5) is 4.79 Å². The van der Waals surface area contributed by atoms with Gasteiger partial charge in [0.25, 0.3) is 5.91 Å². The Kier molecular flexibility index (Phi) is 5.09. The number of nitrogens with zero attached hydrogens (tertiary/aromatic N) is 1. The van der Waals surface area contributed by atoms with Crippen molar-refractivity contribution in [3.05, 3.63) is 70.3 Å². The molecule has 1 saturated heterocycles. The summed E-state index contributed by atoms with van der Waals surface area (Å²) in [6.45, 7) is 12.9. The molecule has 28 heavy (non-hydrogen) atoms. The molecule has 1 fully saturated rings. The molecule has 0 aliphatic carbocycles. The summed E-state index contributed by atoms with van der Waals surface area (Å²) in [6, 6.07) is 13.5. The predicted molar refractivity (Wildman–Crippen MR) is 112 cm³/mol. The fraction of sp³-hybridized carbons (Fsp3) is 0.417. The smallest absolute Gasteiger partial charge is 0.319 e. The Labute approximate surface area is 167 Å². The van der Waals surface area contributed by atoms with Gasteiger partial charge in [0.15, 0.2) is 0 Å². The highest BCUT2D eigenvalue weighted by Crippen LogP contribution is 2.34. The molecule has 1 N–H and O–H groups in total. The molecule has 0 saturated carbocycles. The average Bonchev–Trinajstić information content (AvgIpc) is 2.89. The molecule has 2 aromatic rings. The molecule has 0 aromatic heterocycles. The van der Waals surface area contributed by atoms with E-state index in [0.29, 0.717) is 13.0 Å². The standard InChI is InChI=1S/C24H30N2O2/c1-7-24(18-11-9-8-10-12-18)21(27)26(22(28)25-24)15-20-16(2)13-19(14-17(20)3)23(4,5)6/h8-14H,7,15H2,1-6H3,(H,25,28)/t24-/m0/s1. The van der Waals surface area contributed by atoms with Crippen molar-refractivity contribution in [3.63, 3.8) is 0 Å². The second-order valence-electron chi connectivity index (χ2n) is 8.78. The van der Waals surface area contributed by atoms with E-state index in [0.717, 1.165) is 22.3 Å². The summed E-state index contributed by atoms with van der Waals surface area (Å²) >= 11 is 0. The third-order valence-corrected chi connectivity index (χ3v) is 5.85. The molecule has 0 spiro atoms. The summed E-state index contributed by atoms with van der Waals surface area (Å²) in [6.07, 6.45) is 0.513. The van der Waals surface area contributed by atoms with Crippen LogP contribution in [0.2, 0.25) is 0 Å². The van der Waals surface area contributed by atoms with E-state index in [-0.39, 0.29) is 17.4 Å². The van der Waals surface area contributed by atoms with Crippen molar-refractivity contribution in [3.8, 4) is 0 Å². The summed E-state index contributed by atoms with van der Waals surface area (Å²) in [5, 5.41) is 2.97. The van der Waals surface area contributed by atoms with Crippen molar-refractivity contribution in [2.75, 3.05) is 0 Å². The van der Waals surface area contributed by atoms with Crippen LogP contribution in [-0.4, -0.2) is 16.8 Å². The number of imide groups is 1. The minimum Gasteiger partial charge on any atom is -0.319 e. The van der Waals surface area contributed by atoms with Crippen molar-refractivity contribution in [2.45, 2.75) is 65.5 Å². The molecule has 1 atom stereocenters. The summed E-state index contributed by atoms with van der Waals surface area (Å²) in [5.74, 6) is -0.176. The molecule has 2 aromatic carbocycles. The summed E-state index contributed by atoms with van der Waals surface area (Å²) < 4.78 is 0. The zero-order valence-electron chi connectivity index (χ0n) is 17.7. The SMILES string of the molecule is CC[C@@]1(c2ccccc2)NC(=O)N(Cc2c(C)cc(C(C)(C)C)cc2C)C1=O. The van der Waals surface area contributed by atoms with Crippen LogP contribution in [0.3, 0.4) is 0 Å². The molecule has 1 aliphatic heterocycles. The fourth-order valence-electron chi connectivity index (χ4n) is 3.97. The van der Waals surface area contributed by atoms with E-state index < -0.39 is 5.54 Å². The number of carbonyl (C=O) groups excluding carboxylic acids is 2. The molecule has 148 valence electrons. The second-order valence-corrected chi connectivity index (χ2v) is 8.78. The van der Waals surface area contributed by atoms with Crippen molar-refractivity contribution in [1.29, 1.82) is 0 Å². The van der Waals surface area contributed by atoms with E-state index in [9.17, 15) is 9.59 Å². The van der Waals surface area contributed by atoms with Crippen LogP contribution in [0.25, 0.3) is 0 Å². The topological polar surface area (TPSA) is 49.4 Å². The van der Waals surface area contributed by atoms with E-state index in [1.54, 1.807) is 0 Å². The monoisotopic (exact) mass is 378 g/mol. The van der Waals surface area contributed by atoms with Crippen LogP contribution < -0.4 is 5.32 Å². The Morgan fingerprint density at radius 2 is 1.57 bits per heavy atom. The number of rotatable bonds is 4. The number of amides is 3. The van der Waals surface area contributed by atoms with Gasteiger partial charge in [-0.05, 0) is 53.5 Å². The second kappa shape index (κ2) is 7.08. The van der Waals surface area contributed by atoms with Gasteiger partial charge in [-0.15, -0.1) is 0 Å². The van der Waals surface area contributed by atoms with Crippen LogP contribution in [0.5, 0.6) is 0 Å². The maximum Gasteiger partial charge on any atom is 0.325 e. The molecule has 0 bridgehead atoms. The first-order valence-corrected chi connectivity index (χ1v) is 9.90. The zero-order valence-corrected chi connectivity index (χ0v) is 17.7. The van der Waals surface area contributed by atoms with Crippen molar-refractivity contribution in [2.24, 2.45) is 0 Å². The predicted octanol–water partition coefficient (Wildman–Crippen LogP) is 4.96. The van der Waals surface area contributed by atoms with Gasteiger partial charge in [-0.1, -0.05) is 70.2 Å². The van der Waals surface area contributed by atoms with Gasteiger partial charge in [-0.25, -0.2) is 4.79 Å². The largest absolute Gasteiger partial charge is 0.325 e. The van der Waals surface area contributed by atoms with Crippen LogP contribution >= 0.6 is 0 Å². The van der Waals surface area contributed by atoms with Gasteiger partial charge < -0.3 is 5.32 Å². The Morgan fingerprint density at radius 3 is 2.07 bits per heavy atom. The van der Waals surface area contributed by atoms with E-state index in [2.05, 4.69) is 52.1 Å².